The Hall–Kier alpha value is -2.52. The number of piperazine rings is 1. The monoisotopic (exact) mass is 350 g/mol. The fraction of sp³-hybridized carbons (Fsp3) is 0.500. The van der Waals surface area contributed by atoms with Crippen LogP contribution in [0.25, 0.3) is 0 Å². The van der Waals surface area contributed by atoms with Gasteiger partial charge < -0.3 is 4.90 Å². The van der Waals surface area contributed by atoms with Crippen molar-refractivity contribution in [1.82, 2.24) is 20.1 Å². The molecule has 3 rings (SSSR count). The van der Waals surface area contributed by atoms with Gasteiger partial charge in [0.05, 0.1) is 0 Å². The Balaban J connectivity index is 1.74. The minimum Gasteiger partial charge on any atom is -0.349 e. The summed E-state index contributed by atoms with van der Waals surface area (Å²) in [5, 5.41) is 17.2. The lowest BCUT2D eigenvalue weighted by atomic mass is 9.95. The van der Waals surface area contributed by atoms with Gasteiger partial charge >= 0.3 is 0 Å². The van der Waals surface area contributed by atoms with Crippen molar-refractivity contribution >= 4 is 5.82 Å². The third kappa shape index (κ3) is 4.17. The summed E-state index contributed by atoms with van der Waals surface area (Å²) < 4.78 is 0. The maximum Gasteiger partial charge on any atom is 0.163 e. The number of aromatic nitrogens is 3. The van der Waals surface area contributed by atoms with E-state index >= 15 is 0 Å². The van der Waals surface area contributed by atoms with Crippen molar-refractivity contribution in [1.29, 1.82) is 5.26 Å². The standard InChI is InChI=1S/C20H26N6/c1-4-15(2)19-14-25(13-17-6-5-16(3)22-12-17)9-10-26(19)20-8-7-18(11-21)23-24-20/h5-8,12,15,19H,4,9-10,13-14H2,1-3H3. The summed E-state index contributed by atoms with van der Waals surface area (Å²) in [6, 6.07) is 10.3. The quantitative estimate of drug-likeness (QED) is 0.826. The van der Waals surface area contributed by atoms with Crippen LogP contribution in [-0.4, -0.2) is 45.8 Å². The Kier molecular flexibility index (Phi) is 5.79. The van der Waals surface area contributed by atoms with Crippen LogP contribution in [0.4, 0.5) is 5.82 Å². The van der Waals surface area contributed by atoms with Crippen molar-refractivity contribution < 1.29 is 0 Å². The third-order valence-electron chi connectivity index (χ3n) is 5.24. The second-order valence-electron chi connectivity index (χ2n) is 7.08. The molecule has 3 heterocycles. The van der Waals surface area contributed by atoms with E-state index < -0.39 is 0 Å². The van der Waals surface area contributed by atoms with Gasteiger partial charge in [0.25, 0.3) is 0 Å². The van der Waals surface area contributed by atoms with Crippen LogP contribution >= 0.6 is 0 Å². The zero-order valence-electron chi connectivity index (χ0n) is 15.8. The van der Waals surface area contributed by atoms with Crippen LogP contribution in [0, 0.1) is 24.2 Å². The normalized spacial score (nSPS) is 19.2. The number of hydrogen-bond acceptors (Lipinski definition) is 6. The van der Waals surface area contributed by atoms with Crippen LogP contribution in [0.15, 0.2) is 30.5 Å². The smallest absolute Gasteiger partial charge is 0.163 e. The van der Waals surface area contributed by atoms with Crippen LogP contribution in [0.2, 0.25) is 0 Å². The Bertz CT molecular complexity index is 749. The fourth-order valence-electron chi connectivity index (χ4n) is 3.44. The molecule has 1 aliphatic rings. The van der Waals surface area contributed by atoms with Crippen molar-refractivity contribution in [3.05, 3.63) is 47.4 Å². The minimum atomic E-state index is 0.361. The molecule has 0 saturated carbocycles. The van der Waals surface area contributed by atoms with E-state index in [9.17, 15) is 0 Å². The summed E-state index contributed by atoms with van der Waals surface area (Å²) in [6.07, 6.45) is 3.09. The molecule has 136 valence electrons. The fourth-order valence-corrected chi connectivity index (χ4v) is 3.44. The molecule has 1 fully saturated rings. The number of anilines is 1. The van der Waals surface area contributed by atoms with Gasteiger partial charge in [-0.15, -0.1) is 10.2 Å². The predicted octanol–water partition coefficient (Wildman–Crippen LogP) is 2.79. The summed E-state index contributed by atoms with van der Waals surface area (Å²) in [5.41, 5.74) is 2.67. The molecule has 0 radical (unpaired) electrons. The van der Waals surface area contributed by atoms with Crippen molar-refractivity contribution in [3.8, 4) is 6.07 Å². The lowest BCUT2D eigenvalue weighted by Gasteiger charge is -2.44. The molecule has 2 unspecified atom stereocenters. The highest BCUT2D eigenvalue weighted by Gasteiger charge is 2.31. The summed E-state index contributed by atoms with van der Waals surface area (Å²) in [4.78, 5) is 9.26. The maximum atomic E-state index is 8.93. The summed E-state index contributed by atoms with van der Waals surface area (Å²) in [5.74, 6) is 1.41. The number of nitrogens with zero attached hydrogens (tertiary/aromatic N) is 6. The molecular formula is C20H26N6. The van der Waals surface area contributed by atoms with Crippen molar-refractivity contribution in [2.75, 3.05) is 24.5 Å². The van der Waals surface area contributed by atoms with E-state index in [1.807, 2.05) is 25.3 Å². The zero-order valence-corrected chi connectivity index (χ0v) is 15.8. The molecule has 2 aromatic heterocycles. The Morgan fingerprint density at radius 3 is 2.69 bits per heavy atom. The number of nitriles is 1. The van der Waals surface area contributed by atoms with Gasteiger partial charge in [-0.05, 0) is 36.6 Å². The maximum absolute atomic E-state index is 8.93. The van der Waals surface area contributed by atoms with Crippen molar-refractivity contribution in [2.45, 2.75) is 39.8 Å². The average Bonchev–Trinajstić information content (AvgIpc) is 2.69. The topological polar surface area (TPSA) is 68.9 Å². The number of pyridine rings is 1. The predicted molar refractivity (Wildman–Crippen MR) is 102 cm³/mol. The first kappa shape index (κ1) is 18.3. The molecule has 0 amide bonds. The minimum absolute atomic E-state index is 0.361. The van der Waals surface area contributed by atoms with Gasteiger partial charge in [0.15, 0.2) is 11.5 Å². The second kappa shape index (κ2) is 8.24. The van der Waals surface area contributed by atoms with Crippen LogP contribution in [-0.2, 0) is 6.54 Å². The molecule has 0 bridgehead atoms. The first-order valence-corrected chi connectivity index (χ1v) is 9.25. The van der Waals surface area contributed by atoms with E-state index in [-0.39, 0.29) is 0 Å². The molecule has 2 atom stereocenters. The van der Waals surface area contributed by atoms with Gasteiger partial charge in [-0.2, -0.15) is 5.26 Å². The molecule has 0 aromatic carbocycles. The van der Waals surface area contributed by atoms with E-state index in [0.717, 1.165) is 44.1 Å². The van der Waals surface area contributed by atoms with Gasteiger partial charge in [0, 0.05) is 44.1 Å². The molecule has 1 saturated heterocycles. The Labute approximate surface area is 155 Å². The highest BCUT2D eigenvalue weighted by molar-refractivity contribution is 5.41. The lowest BCUT2D eigenvalue weighted by Crippen LogP contribution is -2.55. The first-order chi connectivity index (χ1) is 12.6. The van der Waals surface area contributed by atoms with Gasteiger partial charge in [0.1, 0.15) is 6.07 Å². The molecule has 6 heteroatoms. The van der Waals surface area contributed by atoms with Crippen LogP contribution < -0.4 is 4.90 Å². The molecule has 26 heavy (non-hydrogen) atoms. The van der Waals surface area contributed by atoms with Crippen LogP contribution in [0.1, 0.15) is 37.2 Å². The van der Waals surface area contributed by atoms with Gasteiger partial charge in [-0.25, -0.2) is 0 Å². The number of hydrogen-bond donors (Lipinski definition) is 0. The largest absolute Gasteiger partial charge is 0.349 e. The van der Waals surface area contributed by atoms with Crippen LogP contribution in [0.3, 0.4) is 0 Å². The number of rotatable bonds is 5. The van der Waals surface area contributed by atoms with E-state index in [1.54, 1.807) is 6.07 Å². The number of aryl methyl sites for hydroxylation is 1. The van der Waals surface area contributed by atoms with E-state index in [1.165, 1.54) is 5.56 Å². The third-order valence-corrected chi connectivity index (χ3v) is 5.24. The molecule has 0 aliphatic carbocycles. The average molecular weight is 350 g/mol. The zero-order chi connectivity index (χ0) is 18.5. The van der Waals surface area contributed by atoms with Gasteiger partial charge in [-0.3, -0.25) is 9.88 Å². The van der Waals surface area contributed by atoms with Gasteiger partial charge in [-0.1, -0.05) is 26.3 Å². The second-order valence-corrected chi connectivity index (χ2v) is 7.08. The van der Waals surface area contributed by atoms with Crippen LogP contribution in [0.5, 0.6) is 0 Å². The van der Waals surface area contributed by atoms with E-state index in [2.05, 4.69) is 51.0 Å². The van der Waals surface area contributed by atoms with Gasteiger partial charge in [0.2, 0.25) is 0 Å². The van der Waals surface area contributed by atoms with Crippen molar-refractivity contribution in [2.24, 2.45) is 5.92 Å². The molecule has 1 aliphatic heterocycles. The van der Waals surface area contributed by atoms with Crippen molar-refractivity contribution in [3.63, 3.8) is 0 Å². The lowest BCUT2D eigenvalue weighted by molar-refractivity contribution is 0.185. The Morgan fingerprint density at radius 1 is 1.23 bits per heavy atom. The molecule has 0 spiro atoms. The molecule has 2 aromatic rings. The molecule has 0 N–H and O–H groups in total. The summed E-state index contributed by atoms with van der Waals surface area (Å²) in [7, 11) is 0. The van der Waals surface area contributed by atoms with E-state index in [0.29, 0.717) is 17.7 Å². The highest BCUT2D eigenvalue weighted by Crippen LogP contribution is 2.25. The first-order valence-electron chi connectivity index (χ1n) is 9.25. The SMILES string of the molecule is CCC(C)C1CN(Cc2ccc(C)nc2)CCN1c1ccc(C#N)nn1. The highest BCUT2D eigenvalue weighted by atomic mass is 15.3. The Morgan fingerprint density at radius 2 is 2.08 bits per heavy atom. The van der Waals surface area contributed by atoms with E-state index in [4.69, 9.17) is 5.26 Å². The molecule has 6 nitrogen and oxygen atoms in total. The molecular weight excluding hydrogens is 324 g/mol. The summed E-state index contributed by atoms with van der Waals surface area (Å²) >= 11 is 0. The summed E-state index contributed by atoms with van der Waals surface area (Å²) in [6.45, 7) is 10.3.